The summed E-state index contributed by atoms with van der Waals surface area (Å²) in [5.41, 5.74) is 2.06. The van der Waals surface area contributed by atoms with E-state index in [0.717, 1.165) is 11.4 Å². The third kappa shape index (κ3) is 4.13. The van der Waals surface area contributed by atoms with Gasteiger partial charge in [-0.2, -0.15) is 0 Å². The van der Waals surface area contributed by atoms with Crippen LogP contribution in [0.1, 0.15) is 17.3 Å². The van der Waals surface area contributed by atoms with Crippen LogP contribution >= 0.6 is 0 Å². The van der Waals surface area contributed by atoms with Crippen LogP contribution in [-0.2, 0) is 9.53 Å². The van der Waals surface area contributed by atoms with Crippen LogP contribution < -0.4 is 9.80 Å². The van der Waals surface area contributed by atoms with E-state index in [-0.39, 0.29) is 5.91 Å². The van der Waals surface area contributed by atoms with Gasteiger partial charge in [0.15, 0.2) is 6.10 Å². The van der Waals surface area contributed by atoms with E-state index in [1.54, 1.807) is 32.2 Å². The van der Waals surface area contributed by atoms with Gasteiger partial charge < -0.3 is 14.5 Å². The predicted octanol–water partition coefficient (Wildman–Crippen LogP) is 2.96. The van der Waals surface area contributed by atoms with Crippen molar-refractivity contribution < 1.29 is 14.3 Å². The number of para-hydroxylation sites is 1. The van der Waals surface area contributed by atoms with Crippen LogP contribution in [-0.4, -0.2) is 39.1 Å². The van der Waals surface area contributed by atoms with Gasteiger partial charge in [-0.25, -0.2) is 4.79 Å². The van der Waals surface area contributed by atoms with E-state index < -0.39 is 12.1 Å². The van der Waals surface area contributed by atoms with Gasteiger partial charge in [0.1, 0.15) is 0 Å². The number of likely N-dealkylation sites (N-methyl/N-ethyl adjacent to an activating group) is 1. The van der Waals surface area contributed by atoms with Gasteiger partial charge in [0.05, 0.1) is 5.56 Å². The molecule has 1 atom stereocenters. The molecular formula is C19H22N2O3. The van der Waals surface area contributed by atoms with Gasteiger partial charge in [-0.15, -0.1) is 0 Å². The first-order valence-electron chi connectivity index (χ1n) is 7.71. The average molecular weight is 326 g/mol. The summed E-state index contributed by atoms with van der Waals surface area (Å²) in [6, 6.07) is 16.3. The van der Waals surface area contributed by atoms with Crippen LogP contribution in [0.25, 0.3) is 0 Å². The Hall–Kier alpha value is -2.82. The number of hydrogen-bond acceptors (Lipinski definition) is 4. The topological polar surface area (TPSA) is 49.9 Å². The van der Waals surface area contributed by atoms with E-state index in [2.05, 4.69) is 0 Å². The summed E-state index contributed by atoms with van der Waals surface area (Å²) in [4.78, 5) is 28.1. The number of esters is 1. The van der Waals surface area contributed by atoms with Gasteiger partial charge in [0.25, 0.3) is 5.91 Å². The van der Waals surface area contributed by atoms with Gasteiger partial charge in [-0.3, -0.25) is 4.79 Å². The standard InChI is InChI=1S/C19H22N2O3/c1-14(18(22)21(4)16-10-6-5-7-11-16)24-19(23)15-9-8-12-17(13-15)20(2)3/h5-14H,1-4H3/t14-/m1/s1. The molecule has 5 nitrogen and oxygen atoms in total. The van der Waals surface area contributed by atoms with Crippen molar-refractivity contribution in [2.75, 3.05) is 30.9 Å². The average Bonchev–Trinajstić information content (AvgIpc) is 2.61. The molecule has 2 rings (SSSR count). The fourth-order valence-electron chi connectivity index (χ4n) is 2.24. The number of rotatable bonds is 5. The molecule has 0 aromatic heterocycles. The van der Waals surface area contributed by atoms with Gasteiger partial charge in [-0.1, -0.05) is 24.3 Å². The van der Waals surface area contributed by atoms with Crippen molar-refractivity contribution in [3.63, 3.8) is 0 Å². The minimum absolute atomic E-state index is 0.279. The van der Waals surface area contributed by atoms with Gasteiger partial charge in [-0.05, 0) is 37.3 Å². The number of benzene rings is 2. The monoisotopic (exact) mass is 326 g/mol. The highest BCUT2D eigenvalue weighted by Crippen LogP contribution is 2.16. The summed E-state index contributed by atoms with van der Waals surface area (Å²) in [6.07, 6.45) is -0.870. The van der Waals surface area contributed by atoms with Crippen molar-refractivity contribution in [1.82, 2.24) is 0 Å². The Kier molecular flexibility index (Phi) is 5.58. The molecule has 0 N–H and O–H groups in total. The van der Waals surface area contributed by atoms with Crippen molar-refractivity contribution in [2.45, 2.75) is 13.0 Å². The summed E-state index contributed by atoms with van der Waals surface area (Å²) in [6.45, 7) is 1.58. The zero-order chi connectivity index (χ0) is 17.7. The number of carbonyl (C=O) groups is 2. The second-order valence-electron chi connectivity index (χ2n) is 5.73. The van der Waals surface area contributed by atoms with E-state index in [1.165, 1.54) is 4.90 Å². The molecule has 2 aromatic rings. The number of amides is 1. The van der Waals surface area contributed by atoms with Crippen LogP contribution in [0, 0.1) is 0 Å². The lowest BCUT2D eigenvalue weighted by Crippen LogP contribution is -2.37. The highest BCUT2D eigenvalue weighted by Gasteiger charge is 2.23. The summed E-state index contributed by atoms with van der Waals surface area (Å²) in [5.74, 6) is -0.792. The molecule has 0 saturated carbocycles. The smallest absolute Gasteiger partial charge is 0.338 e. The first-order valence-corrected chi connectivity index (χ1v) is 7.71. The Labute approximate surface area is 142 Å². The van der Waals surface area contributed by atoms with Crippen LogP contribution in [0.2, 0.25) is 0 Å². The van der Waals surface area contributed by atoms with E-state index >= 15 is 0 Å². The number of hydrogen-bond donors (Lipinski definition) is 0. The third-order valence-electron chi connectivity index (χ3n) is 3.70. The molecule has 2 aromatic carbocycles. The zero-order valence-electron chi connectivity index (χ0n) is 14.4. The summed E-state index contributed by atoms with van der Waals surface area (Å²) >= 11 is 0. The van der Waals surface area contributed by atoms with Crippen molar-refractivity contribution in [3.05, 3.63) is 60.2 Å². The van der Waals surface area contributed by atoms with E-state index in [0.29, 0.717) is 5.56 Å². The van der Waals surface area contributed by atoms with Crippen molar-refractivity contribution in [1.29, 1.82) is 0 Å². The normalized spacial score (nSPS) is 11.5. The molecule has 126 valence electrons. The Morgan fingerprint density at radius 3 is 2.17 bits per heavy atom. The third-order valence-corrected chi connectivity index (χ3v) is 3.70. The van der Waals surface area contributed by atoms with Crippen LogP contribution in [0.15, 0.2) is 54.6 Å². The van der Waals surface area contributed by atoms with E-state index in [4.69, 9.17) is 4.74 Å². The van der Waals surface area contributed by atoms with E-state index in [9.17, 15) is 9.59 Å². The molecular weight excluding hydrogens is 304 g/mol. The molecule has 0 spiro atoms. The lowest BCUT2D eigenvalue weighted by atomic mass is 10.2. The Morgan fingerprint density at radius 1 is 0.917 bits per heavy atom. The number of anilines is 2. The quantitative estimate of drug-likeness (QED) is 0.793. The molecule has 0 aliphatic rings. The minimum Gasteiger partial charge on any atom is -0.449 e. The molecule has 0 radical (unpaired) electrons. The molecule has 0 aliphatic heterocycles. The summed E-state index contributed by atoms with van der Waals surface area (Å²) in [5, 5.41) is 0. The largest absolute Gasteiger partial charge is 0.449 e. The Bertz CT molecular complexity index is 714. The maximum absolute atomic E-state index is 12.4. The highest BCUT2D eigenvalue weighted by atomic mass is 16.5. The maximum Gasteiger partial charge on any atom is 0.338 e. The van der Waals surface area contributed by atoms with Gasteiger partial charge >= 0.3 is 5.97 Å². The summed E-state index contributed by atoms with van der Waals surface area (Å²) in [7, 11) is 5.45. The number of carbonyl (C=O) groups excluding carboxylic acids is 2. The summed E-state index contributed by atoms with van der Waals surface area (Å²) < 4.78 is 5.33. The Morgan fingerprint density at radius 2 is 1.54 bits per heavy atom. The second kappa shape index (κ2) is 7.64. The minimum atomic E-state index is -0.870. The molecule has 1 amide bonds. The SMILES string of the molecule is C[C@@H](OC(=O)c1cccc(N(C)C)c1)C(=O)N(C)c1ccccc1. The van der Waals surface area contributed by atoms with Crippen LogP contribution in [0.4, 0.5) is 11.4 Å². The van der Waals surface area contributed by atoms with Crippen molar-refractivity contribution in [3.8, 4) is 0 Å². The van der Waals surface area contributed by atoms with Crippen molar-refractivity contribution >= 4 is 23.3 Å². The molecule has 0 aliphatic carbocycles. The van der Waals surface area contributed by atoms with Gasteiger partial charge in [0.2, 0.25) is 0 Å². The molecule has 0 fully saturated rings. The second-order valence-corrected chi connectivity index (χ2v) is 5.73. The highest BCUT2D eigenvalue weighted by molar-refractivity contribution is 5.98. The molecule has 0 bridgehead atoms. The molecule has 0 saturated heterocycles. The lowest BCUT2D eigenvalue weighted by molar-refractivity contribution is -0.126. The fraction of sp³-hybridized carbons (Fsp3) is 0.263. The Balaban J connectivity index is 2.06. The van der Waals surface area contributed by atoms with Crippen LogP contribution in [0.3, 0.4) is 0 Å². The number of nitrogens with zero attached hydrogens (tertiary/aromatic N) is 2. The maximum atomic E-state index is 12.4. The lowest BCUT2D eigenvalue weighted by Gasteiger charge is -2.21. The van der Waals surface area contributed by atoms with E-state index in [1.807, 2.05) is 55.4 Å². The fourth-order valence-corrected chi connectivity index (χ4v) is 2.24. The first-order chi connectivity index (χ1) is 11.4. The number of ether oxygens (including phenoxy) is 1. The van der Waals surface area contributed by atoms with Gasteiger partial charge in [0, 0.05) is 32.5 Å². The van der Waals surface area contributed by atoms with Crippen molar-refractivity contribution in [2.24, 2.45) is 0 Å². The first kappa shape index (κ1) is 17.5. The molecule has 5 heteroatoms. The van der Waals surface area contributed by atoms with Crippen LogP contribution in [0.5, 0.6) is 0 Å². The zero-order valence-corrected chi connectivity index (χ0v) is 14.4. The molecule has 0 unspecified atom stereocenters. The predicted molar refractivity (Wildman–Crippen MR) is 95.5 cm³/mol. The molecule has 24 heavy (non-hydrogen) atoms. The molecule has 0 heterocycles.